The van der Waals surface area contributed by atoms with E-state index in [1.54, 1.807) is 18.2 Å². The van der Waals surface area contributed by atoms with Crippen molar-refractivity contribution in [3.63, 3.8) is 0 Å². The number of hydrogen-bond donors (Lipinski definition) is 3. The van der Waals surface area contributed by atoms with Crippen molar-refractivity contribution in [2.24, 2.45) is 10.9 Å². The molecule has 0 bridgehead atoms. The lowest BCUT2D eigenvalue weighted by molar-refractivity contribution is -0.137. The van der Waals surface area contributed by atoms with Crippen LogP contribution in [0.5, 0.6) is 5.75 Å². The first-order chi connectivity index (χ1) is 13.5. The average Bonchev–Trinajstić information content (AvgIpc) is 2.65. The number of benzene rings is 2. The minimum atomic E-state index is -4.41. The number of carbonyl (C=O) groups is 1. The number of hydrogen-bond acceptors (Lipinski definition) is 5. The van der Waals surface area contributed by atoms with Gasteiger partial charge in [-0.25, -0.2) is 5.84 Å². The second kappa shape index (κ2) is 11.0. The highest BCUT2D eigenvalue weighted by molar-refractivity contribution is 6.34. The maximum Gasteiger partial charge on any atom is 0.416 e. The van der Waals surface area contributed by atoms with Crippen LogP contribution in [0.2, 0.25) is 5.02 Å². The van der Waals surface area contributed by atoms with Crippen LogP contribution >= 0.6 is 11.6 Å². The molecule has 2 aromatic rings. The van der Waals surface area contributed by atoms with Gasteiger partial charge < -0.3 is 9.84 Å². The minimum absolute atomic E-state index is 0.0756. The van der Waals surface area contributed by atoms with Crippen molar-refractivity contribution in [3.8, 4) is 5.75 Å². The summed E-state index contributed by atoms with van der Waals surface area (Å²) in [6.45, 7) is 1.01. The van der Waals surface area contributed by atoms with Crippen molar-refractivity contribution in [3.05, 3.63) is 64.2 Å². The molecule has 2 aromatic carbocycles. The predicted octanol–water partition coefficient (Wildman–Crippen LogP) is 4.15. The first kappa shape index (κ1) is 23.9. The van der Waals surface area contributed by atoms with E-state index in [-0.39, 0.29) is 11.6 Å². The van der Waals surface area contributed by atoms with E-state index in [1.807, 2.05) is 0 Å². The lowest BCUT2D eigenvalue weighted by Crippen LogP contribution is -2.22. The van der Waals surface area contributed by atoms with Gasteiger partial charge in [0.05, 0.1) is 16.8 Å². The Morgan fingerprint density at radius 2 is 1.97 bits per heavy atom. The maximum absolute atomic E-state index is 12.7. The Hall–Kier alpha value is -3.11. The average molecular weight is 431 g/mol. The summed E-state index contributed by atoms with van der Waals surface area (Å²) in [5, 5.41) is 19.1. The number of nitrogens with two attached hydrogens (primary N) is 1. The zero-order chi connectivity index (χ0) is 22.0. The number of rotatable bonds is 6. The standard InChI is InChI=1S/C16H14ClF3N4O.C2H4O2/c17-15-12(8-23-24(22)10-21)4-2-6-14(15)25-9-11-3-1-5-13(7-11)16(18,19)20;1-2(3)4/h1-8,10,21H,9,22H2;1H3,(H,3,4)/b21-10?,23-8+;. The summed E-state index contributed by atoms with van der Waals surface area (Å²) in [7, 11) is 0. The van der Waals surface area contributed by atoms with E-state index in [0.29, 0.717) is 16.9 Å². The number of carboxylic acids is 1. The van der Waals surface area contributed by atoms with Crippen LogP contribution in [-0.4, -0.2) is 28.7 Å². The van der Waals surface area contributed by atoms with Gasteiger partial charge in [0.15, 0.2) is 0 Å². The van der Waals surface area contributed by atoms with E-state index in [9.17, 15) is 13.2 Å². The topological polar surface area (TPSA) is 112 Å². The lowest BCUT2D eigenvalue weighted by Gasteiger charge is -2.12. The number of nitrogens with zero attached hydrogens (tertiary/aromatic N) is 2. The molecule has 0 aliphatic heterocycles. The predicted molar refractivity (Wildman–Crippen MR) is 103 cm³/mol. The van der Waals surface area contributed by atoms with E-state index in [4.69, 9.17) is 37.5 Å². The molecule has 0 saturated carbocycles. The van der Waals surface area contributed by atoms with Gasteiger partial charge in [-0.2, -0.15) is 23.4 Å². The molecule has 0 radical (unpaired) electrons. The van der Waals surface area contributed by atoms with Crippen LogP contribution in [0.3, 0.4) is 0 Å². The van der Waals surface area contributed by atoms with Crippen LogP contribution in [-0.2, 0) is 17.6 Å². The van der Waals surface area contributed by atoms with Gasteiger partial charge in [-0.1, -0.05) is 35.9 Å². The zero-order valence-electron chi connectivity index (χ0n) is 15.2. The van der Waals surface area contributed by atoms with Gasteiger partial charge in [0.1, 0.15) is 18.7 Å². The Bertz CT molecular complexity index is 872. The molecule has 0 aliphatic carbocycles. The van der Waals surface area contributed by atoms with Crippen molar-refractivity contribution >= 4 is 30.1 Å². The molecule has 0 fully saturated rings. The van der Waals surface area contributed by atoms with Crippen LogP contribution in [0.25, 0.3) is 0 Å². The van der Waals surface area contributed by atoms with E-state index >= 15 is 0 Å². The van der Waals surface area contributed by atoms with Crippen molar-refractivity contribution in [2.75, 3.05) is 0 Å². The Balaban J connectivity index is 0.000000960. The fourth-order valence-electron chi connectivity index (χ4n) is 1.90. The van der Waals surface area contributed by atoms with Crippen molar-refractivity contribution in [1.29, 1.82) is 5.41 Å². The van der Waals surface area contributed by atoms with Crippen molar-refractivity contribution in [2.45, 2.75) is 19.7 Å². The molecule has 0 spiro atoms. The third-order valence-electron chi connectivity index (χ3n) is 3.10. The van der Waals surface area contributed by atoms with Gasteiger partial charge in [0.25, 0.3) is 5.97 Å². The van der Waals surface area contributed by atoms with E-state index < -0.39 is 17.7 Å². The summed E-state index contributed by atoms with van der Waals surface area (Å²) < 4.78 is 43.7. The van der Waals surface area contributed by atoms with Crippen LogP contribution in [0.4, 0.5) is 13.2 Å². The number of nitrogens with one attached hydrogen (secondary N) is 1. The highest BCUT2D eigenvalue weighted by atomic mass is 35.5. The van der Waals surface area contributed by atoms with E-state index in [1.165, 1.54) is 18.3 Å². The number of aliphatic carboxylic acids is 1. The third kappa shape index (κ3) is 8.62. The molecular formula is C18H18ClF3N4O3. The Morgan fingerprint density at radius 1 is 1.34 bits per heavy atom. The summed E-state index contributed by atoms with van der Waals surface area (Å²) in [6.07, 6.45) is -2.27. The number of ether oxygens (including phenoxy) is 1. The summed E-state index contributed by atoms with van der Waals surface area (Å²) in [4.78, 5) is 9.00. The van der Waals surface area contributed by atoms with E-state index in [2.05, 4.69) is 5.10 Å². The molecule has 29 heavy (non-hydrogen) atoms. The Labute approximate surface area is 169 Å². The second-order valence-corrected chi connectivity index (χ2v) is 5.80. The molecule has 4 N–H and O–H groups in total. The van der Waals surface area contributed by atoms with E-state index in [0.717, 1.165) is 30.5 Å². The molecule has 0 unspecified atom stereocenters. The van der Waals surface area contributed by atoms with Crippen LogP contribution < -0.4 is 10.6 Å². The number of carboxylic acid groups (broad SMARTS) is 1. The van der Waals surface area contributed by atoms with Crippen molar-refractivity contribution < 1.29 is 27.8 Å². The van der Waals surface area contributed by atoms with Crippen molar-refractivity contribution in [1.82, 2.24) is 5.12 Å². The monoisotopic (exact) mass is 430 g/mol. The van der Waals surface area contributed by atoms with Gasteiger partial charge in [-0.05, 0) is 23.8 Å². The number of alkyl halides is 3. The second-order valence-electron chi connectivity index (χ2n) is 5.42. The van der Waals surface area contributed by atoms with Gasteiger partial charge in [-0.3, -0.25) is 10.2 Å². The first-order valence-corrected chi connectivity index (χ1v) is 8.28. The van der Waals surface area contributed by atoms with Gasteiger partial charge in [-0.15, -0.1) is 0 Å². The number of hydrazine groups is 1. The number of hydrazone groups is 1. The highest BCUT2D eigenvalue weighted by Gasteiger charge is 2.30. The summed E-state index contributed by atoms with van der Waals surface area (Å²) in [5.74, 6) is 4.78. The molecule has 0 heterocycles. The van der Waals surface area contributed by atoms with Crippen LogP contribution in [0.15, 0.2) is 47.6 Å². The largest absolute Gasteiger partial charge is 0.487 e. The molecule has 0 aromatic heterocycles. The highest BCUT2D eigenvalue weighted by Crippen LogP contribution is 2.31. The smallest absolute Gasteiger partial charge is 0.416 e. The molecule has 0 saturated heterocycles. The normalized spacial score (nSPS) is 10.8. The molecule has 0 amide bonds. The first-order valence-electron chi connectivity index (χ1n) is 7.90. The molecule has 0 atom stereocenters. The van der Waals surface area contributed by atoms with Gasteiger partial charge in [0, 0.05) is 12.5 Å². The fourth-order valence-corrected chi connectivity index (χ4v) is 2.13. The minimum Gasteiger partial charge on any atom is -0.487 e. The number of halogens is 4. The molecule has 2 rings (SSSR count). The van der Waals surface area contributed by atoms with Crippen LogP contribution in [0.1, 0.15) is 23.6 Å². The van der Waals surface area contributed by atoms with Gasteiger partial charge >= 0.3 is 6.18 Å². The van der Waals surface area contributed by atoms with Crippen LogP contribution in [0, 0.1) is 5.41 Å². The third-order valence-corrected chi connectivity index (χ3v) is 3.51. The lowest BCUT2D eigenvalue weighted by atomic mass is 10.1. The Kier molecular flexibility index (Phi) is 9.10. The fraction of sp³-hybridized carbons (Fsp3) is 0.167. The molecule has 0 aliphatic rings. The molecule has 11 heteroatoms. The molecule has 7 nitrogen and oxygen atoms in total. The SMILES string of the molecule is CC(=O)O.N=CN(N)/N=C/c1cccc(OCc2cccc(C(F)(F)F)c2)c1Cl. The maximum atomic E-state index is 12.7. The summed E-state index contributed by atoms with van der Waals surface area (Å²) >= 11 is 6.19. The quantitative estimate of drug-likeness (QED) is 0.276. The summed E-state index contributed by atoms with van der Waals surface area (Å²) in [5.41, 5.74) is 0.109. The van der Waals surface area contributed by atoms with Gasteiger partial charge in [0.2, 0.25) is 0 Å². The molecular weight excluding hydrogens is 413 g/mol. The molecule has 156 valence electrons. The Morgan fingerprint density at radius 3 is 2.55 bits per heavy atom. The zero-order valence-corrected chi connectivity index (χ0v) is 15.9. The summed E-state index contributed by atoms with van der Waals surface area (Å²) in [6, 6.07) is 9.76.